The molecule has 314 valence electrons. The highest BCUT2D eigenvalue weighted by Gasteiger charge is 2.54. The number of nitrogens with zero attached hydrogens (tertiary/aromatic N) is 7. The number of hydrogen-bond acceptors (Lipinski definition) is 10. The fraction of sp³-hybridized carbons (Fsp3) is 0.458. The molecular weight excluding hydrogens is 769 g/mol. The number of nitrogens with one attached hydrogen (secondary N) is 1. The summed E-state index contributed by atoms with van der Waals surface area (Å²) in [6.45, 7) is 5.43. The monoisotopic (exact) mass is 820 g/mol. The predicted octanol–water partition coefficient (Wildman–Crippen LogP) is 5.80. The van der Waals surface area contributed by atoms with Crippen LogP contribution in [0.1, 0.15) is 78.5 Å². The van der Waals surface area contributed by atoms with Crippen LogP contribution in [-0.4, -0.2) is 117 Å². The SMILES string of the molecule is Cn1c2ccncc2c2ccc(-c3ccc(O[C@H]4C[C@H](N(C)C5CC6(C5)CN(CCC5CCN(c7ccc8c(c7)C(=O)N(C7CCC(=O)NC7=O)C8=O)CC5)C6)C4)nc3)cc21. The van der Waals surface area contributed by atoms with E-state index < -0.39 is 23.8 Å². The fourth-order valence-corrected chi connectivity index (χ4v) is 11.3. The van der Waals surface area contributed by atoms with Crippen LogP contribution in [0.15, 0.2) is 73.2 Å². The van der Waals surface area contributed by atoms with E-state index in [0.29, 0.717) is 40.4 Å². The van der Waals surface area contributed by atoms with Crippen LogP contribution in [-0.2, 0) is 16.6 Å². The molecule has 3 saturated heterocycles. The Balaban J connectivity index is 0.594. The quantitative estimate of drug-likeness (QED) is 0.173. The summed E-state index contributed by atoms with van der Waals surface area (Å²) >= 11 is 0. The van der Waals surface area contributed by atoms with E-state index in [1.165, 1.54) is 54.2 Å². The van der Waals surface area contributed by atoms with Crippen molar-refractivity contribution in [2.75, 3.05) is 44.7 Å². The molecule has 4 amide bonds. The van der Waals surface area contributed by atoms with Crippen LogP contribution in [0.5, 0.6) is 5.88 Å². The second-order valence-corrected chi connectivity index (χ2v) is 18.8. The topological polar surface area (TPSA) is 133 Å². The number of imide groups is 2. The Morgan fingerprint density at radius 3 is 2.39 bits per heavy atom. The molecule has 0 radical (unpaired) electrons. The molecule has 13 nitrogen and oxygen atoms in total. The van der Waals surface area contributed by atoms with Crippen molar-refractivity contribution in [1.82, 2.24) is 34.6 Å². The van der Waals surface area contributed by atoms with E-state index in [0.717, 1.165) is 67.0 Å². The Morgan fingerprint density at radius 1 is 0.836 bits per heavy atom. The van der Waals surface area contributed by atoms with Crippen molar-refractivity contribution in [2.45, 2.75) is 82.0 Å². The number of rotatable bonds is 10. The molecule has 3 aromatic heterocycles. The van der Waals surface area contributed by atoms with Gasteiger partial charge in [-0.1, -0.05) is 12.1 Å². The van der Waals surface area contributed by atoms with Gasteiger partial charge in [0.2, 0.25) is 17.7 Å². The molecule has 7 heterocycles. The molecule has 0 bridgehead atoms. The van der Waals surface area contributed by atoms with Gasteiger partial charge in [-0.15, -0.1) is 0 Å². The summed E-state index contributed by atoms with van der Waals surface area (Å²) in [4.78, 5) is 68.2. The van der Waals surface area contributed by atoms with Crippen LogP contribution in [0, 0.1) is 11.3 Å². The summed E-state index contributed by atoms with van der Waals surface area (Å²) in [5.74, 6) is -0.492. The second kappa shape index (κ2) is 14.8. The van der Waals surface area contributed by atoms with Gasteiger partial charge < -0.3 is 24.0 Å². The molecule has 13 heteroatoms. The smallest absolute Gasteiger partial charge is 0.262 e. The molecule has 2 aliphatic carbocycles. The lowest BCUT2D eigenvalue weighted by atomic mass is 9.59. The molecule has 2 saturated carbocycles. The number of pyridine rings is 2. The van der Waals surface area contributed by atoms with Gasteiger partial charge in [0, 0.05) is 117 Å². The third-order valence-electron chi connectivity index (χ3n) is 15.1. The Morgan fingerprint density at radius 2 is 1.62 bits per heavy atom. The van der Waals surface area contributed by atoms with Gasteiger partial charge in [0.1, 0.15) is 12.1 Å². The van der Waals surface area contributed by atoms with E-state index in [1.54, 1.807) is 6.07 Å². The van der Waals surface area contributed by atoms with Crippen molar-refractivity contribution in [3.63, 3.8) is 0 Å². The molecule has 6 aliphatic rings. The maximum atomic E-state index is 13.3. The van der Waals surface area contributed by atoms with Crippen molar-refractivity contribution in [3.8, 4) is 17.0 Å². The van der Waals surface area contributed by atoms with Gasteiger partial charge in [-0.25, -0.2) is 4.98 Å². The minimum absolute atomic E-state index is 0.112. The predicted molar refractivity (Wildman–Crippen MR) is 231 cm³/mol. The fourth-order valence-electron chi connectivity index (χ4n) is 11.3. The van der Waals surface area contributed by atoms with Gasteiger partial charge in [-0.05, 0) is 105 Å². The number of hydrogen-bond donors (Lipinski definition) is 1. The number of anilines is 1. The number of carbonyl (C=O) groups excluding carboxylic acids is 4. The van der Waals surface area contributed by atoms with Gasteiger partial charge in [-0.3, -0.25) is 34.4 Å². The first-order chi connectivity index (χ1) is 29.6. The summed E-state index contributed by atoms with van der Waals surface area (Å²) in [5.41, 5.74) is 6.70. The van der Waals surface area contributed by atoms with Crippen molar-refractivity contribution in [3.05, 3.63) is 84.3 Å². The van der Waals surface area contributed by atoms with Gasteiger partial charge >= 0.3 is 0 Å². The van der Waals surface area contributed by atoms with Crippen LogP contribution in [0.2, 0.25) is 0 Å². The molecule has 1 unspecified atom stereocenters. The number of carbonyl (C=O) groups is 4. The zero-order valence-corrected chi connectivity index (χ0v) is 34.9. The lowest BCUT2D eigenvalue weighted by Crippen LogP contribution is -2.67. The molecule has 1 spiro atoms. The normalized spacial score (nSPS) is 24.3. The van der Waals surface area contributed by atoms with E-state index in [9.17, 15) is 19.2 Å². The van der Waals surface area contributed by atoms with Crippen molar-refractivity contribution in [1.29, 1.82) is 0 Å². The van der Waals surface area contributed by atoms with E-state index in [2.05, 4.69) is 74.0 Å². The average molecular weight is 821 g/mol. The highest BCUT2D eigenvalue weighted by molar-refractivity contribution is 6.23. The minimum atomic E-state index is -0.947. The van der Waals surface area contributed by atoms with Gasteiger partial charge in [0.25, 0.3) is 11.8 Å². The number of benzene rings is 2. The maximum Gasteiger partial charge on any atom is 0.262 e. The molecule has 1 atom stereocenters. The average Bonchev–Trinajstić information content (AvgIpc) is 3.65. The number of aromatic nitrogens is 3. The number of fused-ring (bicyclic) bond motifs is 4. The van der Waals surface area contributed by atoms with Crippen molar-refractivity contribution < 1.29 is 23.9 Å². The highest BCUT2D eigenvalue weighted by Crippen LogP contribution is 2.51. The Hall–Kier alpha value is -5.66. The third-order valence-corrected chi connectivity index (χ3v) is 15.1. The van der Waals surface area contributed by atoms with Crippen molar-refractivity contribution in [2.24, 2.45) is 18.4 Å². The first-order valence-corrected chi connectivity index (χ1v) is 22.1. The van der Waals surface area contributed by atoms with E-state index in [-0.39, 0.29) is 24.9 Å². The first kappa shape index (κ1) is 38.3. The van der Waals surface area contributed by atoms with Gasteiger partial charge in [-0.2, -0.15) is 0 Å². The molecule has 5 aromatic rings. The summed E-state index contributed by atoms with van der Waals surface area (Å²) in [6.07, 6.45) is 14.3. The summed E-state index contributed by atoms with van der Waals surface area (Å²) in [7, 11) is 4.42. The minimum Gasteiger partial charge on any atom is -0.474 e. The Bertz CT molecular complexity index is 2580. The van der Waals surface area contributed by atoms with Crippen LogP contribution in [0.3, 0.4) is 0 Å². The molecule has 61 heavy (non-hydrogen) atoms. The molecule has 1 N–H and O–H groups in total. The van der Waals surface area contributed by atoms with Crippen molar-refractivity contribution >= 4 is 51.1 Å². The number of ether oxygens (including phenoxy) is 1. The van der Waals surface area contributed by atoms with E-state index in [1.807, 2.05) is 36.8 Å². The number of amides is 4. The largest absolute Gasteiger partial charge is 0.474 e. The maximum absolute atomic E-state index is 13.3. The molecule has 2 aromatic carbocycles. The summed E-state index contributed by atoms with van der Waals surface area (Å²) in [6, 6.07) is 18.5. The summed E-state index contributed by atoms with van der Waals surface area (Å²) in [5, 5.41) is 4.64. The Labute approximate surface area is 355 Å². The first-order valence-electron chi connectivity index (χ1n) is 22.1. The van der Waals surface area contributed by atoms with Gasteiger partial charge in [0.05, 0.1) is 16.6 Å². The number of aryl methyl sites for hydroxylation is 1. The lowest BCUT2D eigenvalue weighted by molar-refractivity contribution is -0.136. The molecular formula is C48H52N8O5. The van der Waals surface area contributed by atoms with Crippen LogP contribution in [0.25, 0.3) is 32.9 Å². The van der Waals surface area contributed by atoms with E-state index >= 15 is 0 Å². The lowest BCUT2D eigenvalue weighted by Gasteiger charge is -2.62. The zero-order valence-electron chi connectivity index (χ0n) is 34.9. The van der Waals surface area contributed by atoms with Gasteiger partial charge in [0.15, 0.2) is 0 Å². The molecule has 5 fully saturated rings. The Kier molecular flexibility index (Phi) is 9.26. The summed E-state index contributed by atoms with van der Waals surface area (Å²) < 4.78 is 8.55. The van der Waals surface area contributed by atoms with Crippen LogP contribution in [0.4, 0.5) is 5.69 Å². The molecule has 4 aliphatic heterocycles. The second-order valence-electron chi connectivity index (χ2n) is 18.8. The van der Waals surface area contributed by atoms with Crippen LogP contribution >= 0.6 is 0 Å². The standard InChI is InChI=1S/C48H52N8O5/c1-52(33-20-35(21-33)61-44-10-4-31(25-50-44)30-3-6-36-39-26-49-15-11-40(39)53(2)42(36)19-30)34-23-48(24-34)27-54(28-48)16-12-29-13-17-55(18-14-29)32-5-7-37-38(22-32)47(60)56(46(37)59)41-8-9-43(57)51-45(41)58/h3-7,10-11,15,19,22,25-26,29,33-35,41H,8-9,12-14,16-18,20-21,23-24,27-28H2,1-2H3,(H,51,57,58)/t33-,35-,41?. The van der Waals surface area contributed by atoms with E-state index in [4.69, 9.17) is 9.72 Å². The van der Waals surface area contributed by atoms with Crippen LogP contribution < -0.4 is 15.0 Å². The number of piperidine rings is 2. The molecule has 11 rings (SSSR count). The zero-order chi connectivity index (χ0) is 41.6. The highest BCUT2D eigenvalue weighted by atomic mass is 16.5. The third kappa shape index (κ3) is 6.67. The number of likely N-dealkylation sites (tertiary alicyclic amines) is 1.